The van der Waals surface area contributed by atoms with Crippen LogP contribution in [0.5, 0.6) is 0 Å². The molecular weight excluding hydrogens is 446 g/mol. The number of nitrogen functional groups attached to an aromatic ring is 1. The molecule has 2 aromatic heterocycles. The van der Waals surface area contributed by atoms with Gasteiger partial charge in [0.1, 0.15) is 0 Å². The highest BCUT2D eigenvalue weighted by atomic mass is 35.5. The number of Topliss-reactive ketones (excluding diaryl/α,β-unsaturated/α-hetero) is 1. The van der Waals surface area contributed by atoms with Crippen LogP contribution in [0.1, 0.15) is 42.5 Å². The van der Waals surface area contributed by atoms with Gasteiger partial charge in [-0.25, -0.2) is 9.97 Å². The van der Waals surface area contributed by atoms with Gasteiger partial charge in [-0.05, 0) is 67.3 Å². The van der Waals surface area contributed by atoms with Crippen LogP contribution in [0.2, 0.25) is 5.02 Å². The molecule has 2 aromatic carbocycles. The highest BCUT2D eigenvalue weighted by Gasteiger charge is 2.53. The van der Waals surface area contributed by atoms with Gasteiger partial charge in [-0.1, -0.05) is 29.8 Å². The SMILES string of the molecule is Nc1ccc(C(=O)CC2CC3(C2)CC(Nc2ncc(Cl)c(-c4c[nH]c5ccccc45)n2)C3)cc1. The van der Waals surface area contributed by atoms with E-state index < -0.39 is 0 Å². The predicted molar refractivity (Wildman–Crippen MR) is 136 cm³/mol. The van der Waals surface area contributed by atoms with Crippen LogP contribution in [-0.4, -0.2) is 26.8 Å². The lowest BCUT2D eigenvalue weighted by atomic mass is 9.49. The van der Waals surface area contributed by atoms with E-state index in [0.29, 0.717) is 40.5 Å². The van der Waals surface area contributed by atoms with Crippen LogP contribution in [0.15, 0.2) is 60.9 Å². The number of benzene rings is 2. The molecule has 2 fully saturated rings. The maximum Gasteiger partial charge on any atom is 0.223 e. The quantitative estimate of drug-likeness (QED) is 0.233. The Labute approximate surface area is 203 Å². The molecule has 0 bridgehead atoms. The smallest absolute Gasteiger partial charge is 0.223 e. The molecule has 0 aliphatic heterocycles. The molecular formula is C27H26ClN5O. The maximum absolute atomic E-state index is 12.5. The number of para-hydroxylation sites is 1. The Kier molecular flexibility index (Phi) is 5.06. The zero-order valence-electron chi connectivity index (χ0n) is 18.7. The Morgan fingerprint density at radius 3 is 2.68 bits per heavy atom. The number of nitrogens with one attached hydrogen (secondary N) is 2. The lowest BCUT2D eigenvalue weighted by molar-refractivity contribution is -0.0337. The molecule has 0 radical (unpaired) electrons. The third-order valence-electron chi connectivity index (χ3n) is 7.43. The summed E-state index contributed by atoms with van der Waals surface area (Å²) in [5.41, 5.74) is 10.3. The number of ketones is 1. The second-order valence-electron chi connectivity index (χ2n) is 9.91. The van der Waals surface area contributed by atoms with Crippen molar-refractivity contribution in [2.24, 2.45) is 11.3 Å². The molecule has 1 spiro atoms. The molecule has 0 atom stereocenters. The molecule has 2 aliphatic carbocycles. The highest BCUT2D eigenvalue weighted by molar-refractivity contribution is 6.33. The van der Waals surface area contributed by atoms with Gasteiger partial charge in [-0.3, -0.25) is 4.79 Å². The average Bonchev–Trinajstić information content (AvgIpc) is 3.21. The summed E-state index contributed by atoms with van der Waals surface area (Å²) in [6.45, 7) is 0. The summed E-state index contributed by atoms with van der Waals surface area (Å²) in [5, 5.41) is 5.12. The molecule has 2 aliphatic rings. The molecule has 0 unspecified atom stereocenters. The number of fused-ring (bicyclic) bond motifs is 1. The summed E-state index contributed by atoms with van der Waals surface area (Å²) in [7, 11) is 0. The number of aromatic amines is 1. The van der Waals surface area contributed by atoms with E-state index >= 15 is 0 Å². The predicted octanol–water partition coefficient (Wildman–Crippen LogP) is 6.10. The summed E-state index contributed by atoms with van der Waals surface area (Å²) >= 11 is 6.46. The Balaban J connectivity index is 1.06. The normalized spacial score (nSPS) is 23.4. The van der Waals surface area contributed by atoms with Crippen molar-refractivity contribution in [3.63, 3.8) is 0 Å². The average molecular weight is 472 g/mol. The second-order valence-corrected chi connectivity index (χ2v) is 10.3. The maximum atomic E-state index is 12.5. The number of nitrogens with zero attached hydrogens (tertiary/aromatic N) is 2. The summed E-state index contributed by atoms with van der Waals surface area (Å²) in [5.74, 6) is 1.30. The van der Waals surface area contributed by atoms with Crippen LogP contribution in [-0.2, 0) is 0 Å². The summed E-state index contributed by atoms with van der Waals surface area (Å²) < 4.78 is 0. The molecule has 172 valence electrons. The van der Waals surface area contributed by atoms with Crippen molar-refractivity contribution in [2.45, 2.75) is 38.1 Å². The first-order chi connectivity index (χ1) is 16.5. The van der Waals surface area contributed by atoms with Gasteiger partial charge in [0.05, 0.1) is 16.9 Å². The van der Waals surface area contributed by atoms with Gasteiger partial charge in [0.25, 0.3) is 0 Å². The monoisotopic (exact) mass is 471 g/mol. The number of hydrogen-bond donors (Lipinski definition) is 3. The fourth-order valence-corrected chi connectivity index (χ4v) is 6.05. The number of anilines is 2. The minimum absolute atomic E-state index is 0.216. The summed E-state index contributed by atoms with van der Waals surface area (Å²) in [6, 6.07) is 15.7. The van der Waals surface area contributed by atoms with Gasteiger partial charge in [0.15, 0.2) is 5.78 Å². The van der Waals surface area contributed by atoms with E-state index in [1.54, 1.807) is 18.3 Å². The van der Waals surface area contributed by atoms with Gasteiger partial charge in [-0.2, -0.15) is 0 Å². The number of carbonyl (C=O) groups is 1. The van der Waals surface area contributed by atoms with E-state index in [2.05, 4.69) is 21.4 Å². The Morgan fingerprint density at radius 2 is 1.88 bits per heavy atom. The van der Waals surface area contributed by atoms with E-state index in [4.69, 9.17) is 22.3 Å². The molecule has 4 aromatic rings. The van der Waals surface area contributed by atoms with Crippen molar-refractivity contribution >= 4 is 39.9 Å². The van der Waals surface area contributed by atoms with Crippen LogP contribution in [0.4, 0.5) is 11.6 Å². The molecule has 2 heterocycles. The Morgan fingerprint density at radius 1 is 1.12 bits per heavy atom. The molecule has 2 saturated carbocycles. The number of hydrogen-bond acceptors (Lipinski definition) is 5. The van der Waals surface area contributed by atoms with Crippen molar-refractivity contribution in [1.29, 1.82) is 0 Å². The Bertz CT molecular complexity index is 1370. The van der Waals surface area contributed by atoms with Crippen molar-refractivity contribution in [1.82, 2.24) is 15.0 Å². The molecule has 0 amide bonds. The zero-order chi connectivity index (χ0) is 23.3. The number of carbonyl (C=O) groups excluding carboxylic acids is 1. The lowest BCUT2D eigenvalue weighted by Gasteiger charge is -2.58. The van der Waals surface area contributed by atoms with Gasteiger partial charge in [-0.15, -0.1) is 0 Å². The van der Waals surface area contributed by atoms with E-state index in [0.717, 1.165) is 53.4 Å². The van der Waals surface area contributed by atoms with Crippen molar-refractivity contribution < 1.29 is 4.79 Å². The first kappa shape index (κ1) is 21.2. The molecule has 34 heavy (non-hydrogen) atoms. The topological polar surface area (TPSA) is 96.7 Å². The van der Waals surface area contributed by atoms with Gasteiger partial charge in [0, 0.05) is 46.4 Å². The van der Waals surface area contributed by atoms with Crippen LogP contribution in [0.3, 0.4) is 0 Å². The third-order valence-corrected chi connectivity index (χ3v) is 7.71. The van der Waals surface area contributed by atoms with E-state index in [1.165, 1.54) is 0 Å². The lowest BCUT2D eigenvalue weighted by Crippen LogP contribution is -2.53. The molecule has 6 rings (SSSR count). The summed E-state index contributed by atoms with van der Waals surface area (Å²) in [6.07, 6.45) is 8.66. The molecule has 6 nitrogen and oxygen atoms in total. The zero-order valence-corrected chi connectivity index (χ0v) is 19.5. The van der Waals surface area contributed by atoms with Crippen LogP contribution < -0.4 is 11.1 Å². The van der Waals surface area contributed by atoms with E-state index in [-0.39, 0.29) is 5.78 Å². The minimum Gasteiger partial charge on any atom is -0.399 e. The van der Waals surface area contributed by atoms with Crippen LogP contribution in [0.25, 0.3) is 22.2 Å². The third kappa shape index (κ3) is 3.82. The van der Waals surface area contributed by atoms with Crippen molar-refractivity contribution in [3.05, 3.63) is 71.5 Å². The number of halogens is 1. The second kappa shape index (κ2) is 8.13. The van der Waals surface area contributed by atoms with Crippen molar-refractivity contribution in [2.75, 3.05) is 11.1 Å². The van der Waals surface area contributed by atoms with Gasteiger partial charge < -0.3 is 16.0 Å². The molecule has 4 N–H and O–H groups in total. The number of nitrogens with two attached hydrogens (primary N) is 1. The largest absolute Gasteiger partial charge is 0.399 e. The van der Waals surface area contributed by atoms with E-state index in [1.807, 2.05) is 36.5 Å². The first-order valence-electron chi connectivity index (χ1n) is 11.7. The minimum atomic E-state index is 0.216. The number of H-pyrrole nitrogens is 1. The van der Waals surface area contributed by atoms with Gasteiger partial charge >= 0.3 is 0 Å². The fraction of sp³-hybridized carbons (Fsp3) is 0.296. The van der Waals surface area contributed by atoms with Crippen molar-refractivity contribution in [3.8, 4) is 11.3 Å². The number of rotatable bonds is 6. The highest BCUT2D eigenvalue weighted by Crippen LogP contribution is 2.60. The van der Waals surface area contributed by atoms with Gasteiger partial charge in [0.2, 0.25) is 5.95 Å². The first-order valence-corrected chi connectivity index (χ1v) is 12.1. The molecule has 0 saturated heterocycles. The Hall–Kier alpha value is -3.38. The number of aromatic nitrogens is 3. The summed E-state index contributed by atoms with van der Waals surface area (Å²) in [4.78, 5) is 25.0. The van der Waals surface area contributed by atoms with E-state index in [9.17, 15) is 4.79 Å². The standard InChI is InChI=1S/C27H26ClN5O/c28-22-15-31-26(33-25(22)21-14-30-23-4-2-1-3-20(21)23)32-19-12-27(13-19)10-16(11-27)9-24(34)17-5-7-18(29)8-6-17/h1-8,14-16,19,30H,9-13,29H2,(H,31,32,33). The fourth-order valence-electron chi connectivity index (χ4n) is 5.85. The van der Waals surface area contributed by atoms with Crippen LogP contribution in [0, 0.1) is 11.3 Å². The molecule has 7 heteroatoms. The van der Waals surface area contributed by atoms with Crippen LogP contribution >= 0.6 is 11.6 Å².